The van der Waals surface area contributed by atoms with E-state index in [0.29, 0.717) is 5.92 Å². The fraction of sp³-hybridized carbons (Fsp3) is 0.429. The number of H-pyrrole nitrogens is 1. The van der Waals surface area contributed by atoms with Crippen molar-refractivity contribution in [1.82, 2.24) is 10.3 Å². The van der Waals surface area contributed by atoms with Crippen molar-refractivity contribution in [3.63, 3.8) is 0 Å². The molecule has 96 valence electrons. The van der Waals surface area contributed by atoms with Crippen LogP contribution < -0.4 is 14.8 Å². The minimum Gasteiger partial charge on any atom is -0.493 e. The number of fused-ring (bicyclic) bond motifs is 1. The molecule has 3 rings (SSSR count). The molecular formula is C14H18N2O2. The Morgan fingerprint density at radius 3 is 2.78 bits per heavy atom. The second-order valence-corrected chi connectivity index (χ2v) is 4.66. The summed E-state index contributed by atoms with van der Waals surface area (Å²) in [7, 11) is 3.37. The van der Waals surface area contributed by atoms with Crippen LogP contribution in [0.3, 0.4) is 0 Å². The molecule has 0 saturated carbocycles. The Morgan fingerprint density at radius 2 is 2.11 bits per heavy atom. The fourth-order valence-electron chi connectivity index (χ4n) is 2.80. The van der Waals surface area contributed by atoms with Gasteiger partial charge in [0.25, 0.3) is 0 Å². The van der Waals surface area contributed by atoms with Crippen LogP contribution in [0.25, 0.3) is 10.9 Å². The van der Waals surface area contributed by atoms with Crippen molar-refractivity contribution in [2.75, 3.05) is 27.3 Å². The number of methoxy groups -OCH3 is 2. The maximum atomic E-state index is 5.54. The van der Waals surface area contributed by atoms with Gasteiger partial charge < -0.3 is 19.8 Å². The molecule has 18 heavy (non-hydrogen) atoms. The molecule has 1 fully saturated rings. The van der Waals surface area contributed by atoms with Crippen LogP contribution in [0.4, 0.5) is 0 Å². The van der Waals surface area contributed by atoms with Gasteiger partial charge >= 0.3 is 0 Å². The largest absolute Gasteiger partial charge is 0.493 e. The summed E-state index contributed by atoms with van der Waals surface area (Å²) in [5, 5.41) is 4.56. The first-order chi connectivity index (χ1) is 8.85. The lowest BCUT2D eigenvalue weighted by molar-refractivity contribution is 0.358. The standard InChI is InChI=1S/C14H18N2O2/c1-17-12-4-3-11-13(14(12)18-2)10(8-16-11)9-5-6-15-7-9/h3-4,8-9,15-16H,5-7H2,1-2H3. The monoisotopic (exact) mass is 246 g/mol. The van der Waals surface area contributed by atoms with Crippen LogP contribution >= 0.6 is 0 Å². The number of nitrogens with one attached hydrogen (secondary N) is 2. The Labute approximate surface area is 106 Å². The van der Waals surface area contributed by atoms with E-state index in [1.54, 1.807) is 14.2 Å². The Kier molecular flexibility index (Phi) is 2.88. The van der Waals surface area contributed by atoms with Gasteiger partial charge in [-0.2, -0.15) is 0 Å². The van der Waals surface area contributed by atoms with Crippen molar-refractivity contribution in [2.45, 2.75) is 12.3 Å². The number of benzene rings is 1. The molecule has 0 bridgehead atoms. The lowest BCUT2D eigenvalue weighted by atomic mass is 9.97. The summed E-state index contributed by atoms with van der Waals surface area (Å²) < 4.78 is 10.9. The zero-order chi connectivity index (χ0) is 12.5. The van der Waals surface area contributed by atoms with Crippen LogP contribution in [-0.4, -0.2) is 32.3 Å². The van der Waals surface area contributed by atoms with E-state index in [1.807, 2.05) is 12.1 Å². The van der Waals surface area contributed by atoms with Crippen LogP contribution in [0.1, 0.15) is 17.9 Å². The average Bonchev–Trinajstić information content (AvgIpc) is 3.05. The van der Waals surface area contributed by atoms with Crippen molar-refractivity contribution < 1.29 is 9.47 Å². The van der Waals surface area contributed by atoms with Crippen LogP contribution in [0.2, 0.25) is 0 Å². The maximum Gasteiger partial charge on any atom is 0.170 e. The highest BCUT2D eigenvalue weighted by molar-refractivity contribution is 5.92. The highest BCUT2D eigenvalue weighted by atomic mass is 16.5. The lowest BCUT2D eigenvalue weighted by Gasteiger charge is -2.12. The number of hydrogen-bond acceptors (Lipinski definition) is 3. The van der Waals surface area contributed by atoms with Gasteiger partial charge in [-0.15, -0.1) is 0 Å². The van der Waals surface area contributed by atoms with Gasteiger partial charge in [0.2, 0.25) is 0 Å². The molecule has 2 N–H and O–H groups in total. The van der Waals surface area contributed by atoms with E-state index in [1.165, 1.54) is 12.0 Å². The molecule has 2 aromatic rings. The van der Waals surface area contributed by atoms with Gasteiger partial charge in [0.05, 0.1) is 14.2 Å². The minimum atomic E-state index is 0.555. The minimum absolute atomic E-state index is 0.555. The molecule has 1 saturated heterocycles. The molecule has 1 atom stereocenters. The molecule has 4 heteroatoms. The van der Waals surface area contributed by atoms with Crippen molar-refractivity contribution >= 4 is 10.9 Å². The van der Waals surface area contributed by atoms with Crippen molar-refractivity contribution in [3.05, 3.63) is 23.9 Å². The van der Waals surface area contributed by atoms with E-state index < -0.39 is 0 Å². The Hall–Kier alpha value is -1.68. The maximum absolute atomic E-state index is 5.54. The van der Waals surface area contributed by atoms with E-state index >= 15 is 0 Å². The summed E-state index contributed by atoms with van der Waals surface area (Å²) in [4.78, 5) is 3.33. The smallest absolute Gasteiger partial charge is 0.170 e. The molecule has 2 heterocycles. The SMILES string of the molecule is COc1ccc2[nH]cc(C3CCNC3)c2c1OC. The topological polar surface area (TPSA) is 46.3 Å². The second kappa shape index (κ2) is 4.53. The van der Waals surface area contributed by atoms with Crippen molar-refractivity contribution in [2.24, 2.45) is 0 Å². The van der Waals surface area contributed by atoms with Crippen LogP contribution in [0, 0.1) is 0 Å². The van der Waals surface area contributed by atoms with Crippen molar-refractivity contribution in [3.8, 4) is 11.5 Å². The molecule has 0 aliphatic carbocycles. The normalized spacial score (nSPS) is 19.3. The molecular weight excluding hydrogens is 228 g/mol. The molecule has 1 unspecified atom stereocenters. The predicted octanol–water partition coefficient (Wildman–Crippen LogP) is 2.26. The fourth-order valence-corrected chi connectivity index (χ4v) is 2.80. The number of ether oxygens (including phenoxy) is 2. The Balaban J connectivity index is 2.20. The lowest BCUT2D eigenvalue weighted by Crippen LogP contribution is -2.07. The van der Waals surface area contributed by atoms with E-state index in [4.69, 9.17) is 9.47 Å². The molecule has 4 nitrogen and oxygen atoms in total. The van der Waals surface area contributed by atoms with Gasteiger partial charge in [-0.3, -0.25) is 0 Å². The first-order valence-electron chi connectivity index (χ1n) is 6.28. The van der Waals surface area contributed by atoms with E-state index in [2.05, 4.69) is 16.5 Å². The van der Waals surface area contributed by atoms with Crippen molar-refractivity contribution in [1.29, 1.82) is 0 Å². The molecule has 1 aromatic heterocycles. The summed E-state index contributed by atoms with van der Waals surface area (Å²) in [5.74, 6) is 2.18. The summed E-state index contributed by atoms with van der Waals surface area (Å²) in [6.07, 6.45) is 3.28. The van der Waals surface area contributed by atoms with Gasteiger partial charge in [0, 0.05) is 23.6 Å². The summed E-state index contributed by atoms with van der Waals surface area (Å²) in [6.45, 7) is 2.12. The zero-order valence-electron chi connectivity index (χ0n) is 10.7. The van der Waals surface area contributed by atoms with Crippen LogP contribution in [-0.2, 0) is 0 Å². The third-order valence-corrected chi connectivity index (χ3v) is 3.72. The third kappa shape index (κ3) is 1.64. The van der Waals surface area contributed by atoms with Gasteiger partial charge in [-0.05, 0) is 36.6 Å². The van der Waals surface area contributed by atoms with E-state index in [9.17, 15) is 0 Å². The van der Waals surface area contributed by atoms with E-state index in [-0.39, 0.29) is 0 Å². The Bertz CT molecular complexity index is 556. The van der Waals surface area contributed by atoms with Crippen LogP contribution in [0.15, 0.2) is 18.3 Å². The van der Waals surface area contributed by atoms with Gasteiger partial charge in [-0.1, -0.05) is 0 Å². The molecule has 0 spiro atoms. The highest BCUT2D eigenvalue weighted by Crippen LogP contribution is 2.40. The summed E-state index contributed by atoms with van der Waals surface area (Å²) >= 11 is 0. The van der Waals surface area contributed by atoms with E-state index in [0.717, 1.165) is 35.5 Å². The highest BCUT2D eigenvalue weighted by Gasteiger charge is 2.23. The van der Waals surface area contributed by atoms with Gasteiger partial charge in [-0.25, -0.2) is 0 Å². The molecule has 1 aliphatic rings. The number of aromatic nitrogens is 1. The van der Waals surface area contributed by atoms with Gasteiger partial charge in [0.1, 0.15) is 0 Å². The molecule has 1 aromatic carbocycles. The number of hydrogen-bond donors (Lipinski definition) is 2. The third-order valence-electron chi connectivity index (χ3n) is 3.72. The number of aromatic amines is 1. The first-order valence-corrected chi connectivity index (χ1v) is 6.28. The number of rotatable bonds is 3. The zero-order valence-corrected chi connectivity index (χ0v) is 10.7. The quantitative estimate of drug-likeness (QED) is 0.873. The summed E-state index contributed by atoms with van der Waals surface area (Å²) in [5.41, 5.74) is 2.43. The first kappa shape index (κ1) is 11.4. The Morgan fingerprint density at radius 1 is 1.22 bits per heavy atom. The second-order valence-electron chi connectivity index (χ2n) is 4.66. The summed E-state index contributed by atoms with van der Waals surface area (Å²) in [6, 6.07) is 3.98. The predicted molar refractivity (Wildman–Crippen MR) is 71.6 cm³/mol. The van der Waals surface area contributed by atoms with Crippen LogP contribution in [0.5, 0.6) is 11.5 Å². The average molecular weight is 246 g/mol. The molecule has 1 aliphatic heterocycles. The molecule has 0 amide bonds. The van der Waals surface area contributed by atoms with Gasteiger partial charge in [0.15, 0.2) is 11.5 Å². The molecule has 0 radical (unpaired) electrons.